The Morgan fingerprint density at radius 2 is 1.95 bits per heavy atom. The van der Waals surface area contributed by atoms with Crippen LogP contribution in [0.25, 0.3) is 0 Å². The first-order valence-corrected chi connectivity index (χ1v) is 7.89. The number of fused-ring (bicyclic) bond motifs is 1. The summed E-state index contributed by atoms with van der Waals surface area (Å²) in [4.78, 5) is 2.73. The summed E-state index contributed by atoms with van der Waals surface area (Å²) < 4.78 is 6.09. The van der Waals surface area contributed by atoms with Crippen molar-refractivity contribution in [2.75, 3.05) is 0 Å². The monoisotopic (exact) mass is 287 g/mol. The van der Waals surface area contributed by atoms with Gasteiger partial charge in [-0.1, -0.05) is 18.2 Å². The molecular weight excluding hydrogens is 266 g/mol. The van der Waals surface area contributed by atoms with Gasteiger partial charge in [-0.25, -0.2) is 0 Å². The van der Waals surface area contributed by atoms with Crippen molar-refractivity contribution < 1.29 is 4.74 Å². The van der Waals surface area contributed by atoms with Gasteiger partial charge in [-0.15, -0.1) is 11.3 Å². The van der Waals surface area contributed by atoms with Gasteiger partial charge in [0.1, 0.15) is 11.4 Å². The zero-order chi connectivity index (χ0) is 14.3. The number of nitrogens with one attached hydrogen (secondary N) is 1. The molecule has 0 amide bonds. The maximum atomic E-state index is 6.09. The molecule has 2 atom stereocenters. The Bertz CT molecular complexity index is 617. The summed E-state index contributed by atoms with van der Waals surface area (Å²) in [6, 6.07) is 13.3. The third kappa shape index (κ3) is 2.36. The van der Waals surface area contributed by atoms with E-state index in [1.807, 2.05) is 17.4 Å². The van der Waals surface area contributed by atoms with Gasteiger partial charge < -0.3 is 4.74 Å². The molecule has 0 saturated heterocycles. The van der Waals surface area contributed by atoms with Crippen LogP contribution in [0, 0.1) is 6.92 Å². The fourth-order valence-corrected chi connectivity index (χ4v) is 3.73. The fraction of sp³-hybridized carbons (Fsp3) is 0.412. The lowest BCUT2D eigenvalue weighted by Crippen LogP contribution is -2.40. The lowest BCUT2D eigenvalue weighted by molar-refractivity contribution is 0.0921. The van der Waals surface area contributed by atoms with E-state index < -0.39 is 0 Å². The summed E-state index contributed by atoms with van der Waals surface area (Å²) in [6.45, 7) is 8.68. The molecule has 1 aliphatic rings. The molecule has 0 saturated carbocycles. The zero-order valence-electron chi connectivity index (χ0n) is 12.4. The van der Waals surface area contributed by atoms with Crippen molar-refractivity contribution in [2.24, 2.45) is 0 Å². The van der Waals surface area contributed by atoms with E-state index in [0.717, 1.165) is 5.75 Å². The van der Waals surface area contributed by atoms with Gasteiger partial charge in [0.15, 0.2) is 0 Å². The van der Waals surface area contributed by atoms with Gasteiger partial charge >= 0.3 is 0 Å². The molecule has 20 heavy (non-hydrogen) atoms. The standard InChI is InChI=1S/C17H21NOS/c1-11-9-10-15(20-11)12(2)18-16-13-7-5-6-8-14(13)19-17(16,3)4/h5-10,12,16,18H,1-4H3. The molecule has 1 aliphatic heterocycles. The Morgan fingerprint density at radius 3 is 2.65 bits per heavy atom. The molecule has 0 radical (unpaired) electrons. The molecule has 3 heteroatoms. The van der Waals surface area contributed by atoms with Crippen molar-refractivity contribution >= 4 is 11.3 Å². The lowest BCUT2D eigenvalue weighted by Gasteiger charge is -2.29. The number of rotatable bonds is 3. The fourth-order valence-electron chi connectivity index (χ4n) is 2.84. The SMILES string of the molecule is Cc1ccc(C(C)NC2c3ccccc3OC2(C)C)s1. The lowest BCUT2D eigenvalue weighted by atomic mass is 9.93. The average Bonchev–Trinajstić information content (AvgIpc) is 2.92. The molecule has 0 spiro atoms. The second kappa shape index (κ2) is 4.90. The molecule has 1 aromatic heterocycles. The topological polar surface area (TPSA) is 21.3 Å². The zero-order valence-corrected chi connectivity index (χ0v) is 13.3. The van der Waals surface area contributed by atoms with Crippen LogP contribution < -0.4 is 10.1 Å². The molecule has 1 N–H and O–H groups in total. The molecule has 3 rings (SSSR count). The first kappa shape index (κ1) is 13.7. The Balaban J connectivity index is 1.86. The van der Waals surface area contributed by atoms with Crippen LogP contribution in [0.2, 0.25) is 0 Å². The van der Waals surface area contributed by atoms with Gasteiger partial charge in [0.2, 0.25) is 0 Å². The second-order valence-corrected chi connectivity index (χ2v) is 7.33. The number of hydrogen-bond acceptors (Lipinski definition) is 3. The average molecular weight is 287 g/mol. The van der Waals surface area contributed by atoms with Crippen molar-refractivity contribution in [2.45, 2.75) is 45.4 Å². The van der Waals surface area contributed by atoms with Gasteiger partial charge in [-0.05, 0) is 45.9 Å². The maximum absolute atomic E-state index is 6.09. The summed E-state index contributed by atoms with van der Waals surface area (Å²) in [5, 5.41) is 3.74. The molecule has 1 aromatic carbocycles. The summed E-state index contributed by atoms with van der Waals surface area (Å²) in [6.07, 6.45) is 0. The van der Waals surface area contributed by atoms with Crippen LogP contribution in [0.5, 0.6) is 5.75 Å². The predicted molar refractivity (Wildman–Crippen MR) is 84.5 cm³/mol. The van der Waals surface area contributed by atoms with E-state index in [1.165, 1.54) is 15.3 Å². The van der Waals surface area contributed by atoms with Crippen LogP contribution in [0.1, 0.15) is 48.2 Å². The highest BCUT2D eigenvalue weighted by atomic mass is 32.1. The summed E-state index contributed by atoms with van der Waals surface area (Å²) in [5.41, 5.74) is 1.04. The number of benzene rings is 1. The number of thiophene rings is 1. The second-order valence-electron chi connectivity index (χ2n) is 6.01. The molecule has 2 aromatic rings. The van der Waals surface area contributed by atoms with Crippen LogP contribution in [0.4, 0.5) is 0 Å². The molecule has 0 bridgehead atoms. The summed E-state index contributed by atoms with van der Waals surface area (Å²) >= 11 is 1.86. The minimum atomic E-state index is -0.218. The smallest absolute Gasteiger partial charge is 0.125 e. The third-order valence-corrected chi connectivity index (χ3v) is 5.09. The molecule has 2 unspecified atom stereocenters. The number of ether oxygens (including phenoxy) is 1. The number of aryl methyl sites for hydroxylation is 1. The van der Waals surface area contributed by atoms with E-state index >= 15 is 0 Å². The third-order valence-electron chi connectivity index (χ3n) is 3.90. The van der Waals surface area contributed by atoms with Gasteiger partial charge in [0.05, 0.1) is 6.04 Å². The van der Waals surface area contributed by atoms with Crippen LogP contribution in [-0.2, 0) is 0 Å². The summed E-state index contributed by atoms with van der Waals surface area (Å²) in [5.74, 6) is 1.00. The van der Waals surface area contributed by atoms with E-state index in [-0.39, 0.29) is 11.6 Å². The van der Waals surface area contributed by atoms with Crippen molar-refractivity contribution in [3.05, 3.63) is 51.7 Å². The van der Waals surface area contributed by atoms with Crippen molar-refractivity contribution in [3.63, 3.8) is 0 Å². The first-order chi connectivity index (χ1) is 9.47. The van der Waals surface area contributed by atoms with E-state index in [0.29, 0.717) is 6.04 Å². The Morgan fingerprint density at radius 1 is 1.20 bits per heavy atom. The van der Waals surface area contributed by atoms with Crippen LogP contribution >= 0.6 is 11.3 Å². The number of hydrogen-bond donors (Lipinski definition) is 1. The van der Waals surface area contributed by atoms with E-state index in [9.17, 15) is 0 Å². The van der Waals surface area contributed by atoms with Crippen molar-refractivity contribution in [3.8, 4) is 5.75 Å². The highest BCUT2D eigenvalue weighted by molar-refractivity contribution is 7.12. The van der Waals surface area contributed by atoms with Gasteiger partial charge in [-0.2, -0.15) is 0 Å². The largest absolute Gasteiger partial charge is 0.486 e. The number of para-hydroxylation sites is 1. The predicted octanol–water partition coefficient (Wildman–Crippen LogP) is 4.62. The molecule has 0 aliphatic carbocycles. The van der Waals surface area contributed by atoms with E-state index in [1.54, 1.807) is 0 Å². The normalized spacial score (nSPS) is 21.3. The van der Waals surface area contributed by atoms with Gasteiger partial charge in [0.25, 0.3) is 0 Å². The van der Waals surface area contributed by atoms with Crippen LogP contribution in [-0.4, -0.2) is 5.60 Å². The van der Waals surface area contributed by atoms with Crippen molar-refractivity contribution in [1.82, 2.24) is 5.32 Å². The van der Waals surface area contributed by atoms with E-state index in [4.69, 9.17) is 4.74 Å². The Hall–Kier alpha value is -1.32. The molecule has 2 heterocycles. The summed E-state index contributed by atoms with van der Waals surface area (Å²) in [7, 11) is 0. The molecule has 106 valence electrons. The maximum Gasteiger partial charge on any atom is 0.125 e. The van der Waals surface area contributed by atoms with Gasteiger partial charge in [-0.3, -0.25) is 5.32 Å². The molecular formula is C17H21NOS. The Kier molecular flexibility index (Phi) is 3.35. The van der Waals surface area contributed by atoms with Crippen LogP contribution in [0.15, 0.2) is 36.4 Å². The van der Waals surface area contributed by atoms with Gasteiger partial charge in [0, 0.05) is 21.4 Å². The van der Waals surface area contributed by atoms with Crippen LogP contribution in [0.3, 0.4) is 0 Å². The highest BCUT2D eigenvalue weighted by Gasteiger charge is 2.41. The minimum absolute atomic E-state index is 0.218. The Labute approximate surface area is 124 Å². The van der Waals surface area contributed by atoms with Crippen molar-refractivity contribution in [1.29, 1.82) is 0 Å². The minimum Gasteiger partial charge on any atom is -0.486 e. The van der Waals surface area contributed by atoms with E-state index in [2.05, 4.69) is 63.3 Å². The quantitative estimate of drug-likeness (QED) is 0.889. The molecule has 0 fully saturated rings. The highest BCUT2D eigenvalue weighted by Crippen LogP contribution is 2.44. The first-order valence-electron chi connectivity index (χ1n) is 7.08. The molecule has 2 nitrogen and oxygen atoms in total.